The number of hydrogen-bond donors (Lipinski definition) is 2. The Hall–Kier alpha value is -3.35. The molecule has 2 N–H and O–H groups in total. The molecule has 0 heterocycles. The summed E-state index contributed by atoms with van der Waals surface area (Å²) in [7, 11) is 0. The van der Waals surface area contributed by atoms with E-state index >= 15 is 0 Å². The third-order valence-electron chi connectivity index (χ3n) is 3.88. The molecule has 7 nitrogen and oxygen atoms in total. The van der Waals surface area contributed by atoms with Crippen molar-refractivity contribution in [3.8, 4) is 0 Å². The van der Waals surface area contributed by atoms with Gasteiger partial charge in [-0.25, -0.2) is 9.59 Å². The number of carbonyl (C=O) groups excluding carboxylic acids is 3. The van der Waals surface area contributed by atoms with E-state index in [1.54, 1.807) is 0 Å². The second-order valence-corrected chi connectivity index (χ2v) is 6.25. The standard InChI is InChI=1S/C21H24N2O5/c1-15(23-21(26)28-14-18-11-7-4-8-12-18)19(24)22-16(2)20(25)27-13-17-9-5-3-6-10-17/h3-12,15-16H,13-14H2,1-2H3,(H,22,24)(H,23,26)/t15?,16-/m0/s1. The van der Waals surface area contributed by atoms with Gasteiger partial charge in [-0.1, -0.05) is 60.7 Å². The van der Waals surface area contributed by atoms with Gasteiger partial charge in [-0.05, 0) is 25.0 Å². The molecular formula is C21H24N2O5. The van der Waals surface area contributed by atoms with Crippen LogP contribution in [0.3, 0.4) is 0 Å². The first kappa shape index (κ1) is 21.0. The Labute approximate surface area is 164 Å². The van der Waals surface area contributed by atoms with Gasteiger partial charge in [0, 0.05) is 0 Å². The lowest BCUT2D eigenvalue weighted by molar-refractivity contribution is -0.148. The first-order chi connectivity index (χ1) is 13.5. The van der Waals surface area contributed by atoms with E-state index in [4.69, 9.17) is 9.47 Å². The molecule has 0 spiro atoms. The van der Waals surface area contributed by atoms with Gasteiger partial charge in [0.2, 0.25) is 5.91 Å². The summed E-state index contributed by atoms with van der Waals surface area (Å²) in [4.78, 5) is 36.0. The molecule has 0 fully saturated rings. The van der Waals surface area contributed by atoms with Crippen LogP contribution in [0.5, 0.6) is 0 Å². The van der Waals surface area contributed by atoms with Crippen LogP contribution in [0.4, 0.5) is 4.79 Å². The summed E-state index contributed by atoms with van der Waals surface area (Å²) in [5.74, 6) is -1.07. The Bertz CT molecular complexity index is 780. The summed E-state index contributed by atoms with van der Waals surface area (Å²) in [6.45, 7) is 3.25. The number of ether oxygens (including phenoxy) is 2. The predicted molar refractivity (Wildman–Crippen MR) is 103 cm³/mol. The van der Waals surface area contributed by atoms with Crippen LogP contribution in [0, 0.1) is 0 Å². The van der Waals surface area contributed by atoms with Crippen LogP contribution < -0.4 is 10.6 Å². The molecule has 0 aliphatic heterocycles. The number of rotatable bonds is 8. The fraction of sp³-hybridized carbons (Fsp3) is 0.286. The highest BCUT2D eigenvalue weighted by atomic mass is 16.5. The highest BCUT2D eigenvalue weighted by molar-refractivity contribution is 5.89. The molecule has 0 saturated carbocycles. The number of amides is 2. The molecule has 2 atom stereocenters. The Kier molecular flexibility index (Phi) is 8.02. The minimum absolute atomic E-state index is 0.100. The summed E-state index contributed by atoms with van der Waals surface area (Å²) < 4.78 is 10.2. The van der Waals surface area contributed by atoms with Crippen LogP contribution in [0.15, 0.2) is 60.7 Å². The number of benzene rings is 2. The molecule has 2 aromatic rings. The van der Waals surface area contributed by atoms with E-state index in [0.717, 1.165) is 11.1 Å². The van der Waals surface area contributed by atoms with E-state index in [2.05, 4.69) is 10.6 Å². The molecule has 0 bridgehead atoms. The van der Waals surface area contributed by atoms with Crippen molar-refractivity contribution in [2.45, 2.75) is 39.1 Å². The van der Waals surface area contributed by atoms with Gasteiger partial charge in [0.15, 0.2) is 0 Å². The van der Waals surface area contributed by atoms with Crippen LogP contribution in [-0.4, -0.2) is 30.1 Å². The molecule has 0 aliphatic carbocycles. The van der Waals surface area contributed by atoms with Crippen molar-refractivity contribution < 1.29 is 23.9 Å². The maximum atomic E-state index is 12.2. The molecular weight excluding hydrogens is 360 g/mol. The van der Waals surface area contributed by atoms with Gasteiger partial charge in [0.1, 0.15) is 25.3 Å². The number of carbonyl (C=O) groups is 3. The molecule has 0 radical (unpaired) electrons. The summed E-state index contributed by atoms with van der Waals surface area (Å²) >= 11 is 0. The monoisotopic (exact) mass is 384 g/mol. The van der Waals surface area contributed by atoms with Crippen LogP contribution >= 0.6 is 0 Å². The lowest BCUT2D eigenvalue weighted by atomic mass is 10.2. The Morgan fingerprint density at radius 1 is 0.750 bits per heavy atom. The molecule has 2 rings (SSSR count). The molecule has 28 heavy (non-hydrogen) atoms. The second-order valence-electron chi connectivity index (χ2n) is 6.25. The molecule has 148 valence electrons. The van der Waals surface area contributed by atoms with Gasteiger partial charge in [0.05, 0.1) is 0 Å². The van der Waals surface area contributed by atoms with Crippen molar-refractivity contribution in [1.82, 2.24) is 10.6 Å². The maximum Gasteiger partial charge on any atom is 0.408 e. The van der Waals surface area contributed by atoms with Gasteiger partial charge < -0.3 is 20.1 Å². The first-order valence-corrected chi connectivity index (χ1v) is 8.94. The lowest BCUT2D eigenvalue weighted by Gasteiger charge is -2.17. The van der Waals surface area contributed by atoms with Crippen molar-refractivity contribution >= 4 is 18.0 Å². The third-order valence-corrected chi connectivity index (χ3v) is 3.88. The number of esters is 1. The minimum atomic E-state index is -0.868. The highest BCUT2D eigenvalue weighted by Crippen LogP contribution is 2.03. The van der Waals surface area contributed by atoms with Gasteiger partial charge in [0.25, 0.3) is 0 Å². The Morgan fingerprint density at radius 2 is 1.25 bits per heavy atom. The number of hydrogen-bond acceptors (Lipinski definition) is 5. The maximum absolute atomic E-state index is 12.2. The normalized spacial score (nSPS) is 12.4. The highest BCUT2D eigenvalue weighted by Gasteiger charge is 2.22. The van der Waals surface area contributed by atoms with Gasteiger partial charge in [-0.2, -0.15) is 0 Å². The molecule has 7 heteroatoms. The van der Waals surface area contributed by atoms with Crippen LogP contribution in [0.2, 0.25) is 0 Å². The van der Waals surface area contributed by atoms with Crippen molar-refractivity contribution in [2.75, 3.05) is 0 Å². The summed E-state index contributed by atoms with van der Waals surface area (Å²) in [6, 6.07) is 16.7. The molecule has 0 aliphatic rings. The topological polar surface area (TPSA) is 93.7 Å². The summed E-state index contributed by atoms with van der Waals surface area (Å²) in [5, 5.41) is 4.94. The predicted octanol–water partition coefficient (Wildman–Crippen LogP) is 2.55. The molecule has 2 aromatic carbocycles. The van der Waals surface area contributed by atoms with E-state index in [0.29, 0.717) is 0 Å². The van der Waals surface area contributed by atoms with Gasteiger partial charge in [-0.15, -0.1) is 0 Å². The SMILES string of the molecule is CC(NC(=O)OCc1ccccc1)C(=O)N[C@@H](C)C(=O)OCc1ccccc1. The van der Waals surface area contributed by atoms with Crippen LogP contribution in [-0.2, 0) is 32.3 Å². The van der Waals surface area contributed by atoms with Crippen molar-refractivity contribution in [3.05, 3.63) is 71.8 Å². The summed E-state index contributed by atoms with van der Waals surface area (Å²) in [6.07, 6.45) is -0.717. The quantitative estimate of drug-likeness (QED) is 0.682. The minimum Gasteiger partial charge on any atom is -0.459 e. The van der Waals surface area contributed by atoms with E-state index in [-0.39, 0.29) is 13.2 Å². The molecule has 0 saturated heterocycles. The smallest absolute Gasteiger partial charge is 0.408 e. The molecule has 2 amide bonds. The van der Waals surface area contributed by atoms with Crippen molar-refractivity contribution in [3.63, 3.8) is 0 Å². The van der Waals surface area contributed by atoms with Crippen LogP contribution in [0.1, 0.15) is 25.0 Å². The Morgan fingerprint density at radius 3 is 1.79 bits per heavy atom. The third kappa shape index (κ3) is 7.11. The number of alkyl carbamates (subject to hydrolysis) is 1. The van der Waals surface area contributed by atoms with Crippen molar-refractivity contribution in [1.29, 1.82) is 0 Å². The lowest BCUT2D eigenvalue weighted by Crippen LogP contribution is -2.49. The average molecular weight is 384 g/mol. The van der Waals surface area contributed by atoms with E-state index in [1.165, 1.54) is 13.8 Å². The summed E-state index contributed by atoms with van der Waals surface area (Å²) in [5.41, 5.74) is 1.69. The van der Waals surface area contributed by atoms with E-state index < -0.39 is 30.1 Å². The van der Waals surface area contributed by atoms with Gasteiger partial charge >= 0.3 is 12.1 Å². The number of nitrogens with one attached hydrogen (secondary N) is 2. The average Bonchev–Trinajstić information content (AvgIpc) is 2.71. The zero-order chi connectivity index (χ0) is 20.4. The largest absolute Gasteiger partial charge is 0.459 e. The first-order valence-electron chi connectivity index (χ1n) is 8.94. The Balaban J connectivity index is 1.71. The second kappa shape index (κ2) is 10.7. The van der Waals surface area contributed by atoms with Gasteiger partial charge in [-0.3, -0.25) is 4.79 Å². The van der Waals surface area contributed by atoms with E-state index in [9.17, 15) is 14.4 Å². The fourth-order valence-electron chi connectivity index (χ4n) is 2.26. The van der Waals surface area contributed by atoms with Crippen molar-refractivity contribution in [2.24, 2.45) is 0 Å². The zero-order valence-corrected chi connectivity index (χ0v) is 15.9. The van der Waals surface area contributed by atoms with Crippen LogP contribution in [0.25, 0.3) is 0 Å². The fourth-order valence-corrected chi connectivity index (χ4v) is 2.26. The zero-order valence-electron chi connectivity index (χ0n) is 15.9. The molecule has 1 unspecified atom stereocenters. The molecule has 0 aromatic heterocycles. The van der Waals surface area contributed by atoms with E-state index in [1.807, 2.05) is 60.7 Å².